The summed E-state index contributed by atoms with van der Waals surface area (Å²) < 4.78 is 0. The van der Waals surface area contributed by atoms with Crippen molar-refractivity contribution in [2.45, 2.75) is 6.54 Å². The van der Waals surface area contributed by atoms with Crippen molar-refractivity contribution in [2.75, 3.05) is 50.1 Å². The Morgan fingerprint density at radius 3 is 2.38 bits per heavy atom. The van der Waals surface area contributed by atoms with E-state index < -0.39 is 0 Å². The summed E-state index contributed by atoms with van der Waals surface area (Å²) in [5.74, 6) is 1.32. The molecule has 0 radical (unpaired) electrons. The van der Waals surface area contributed by atoms with Crippen molar-refractivity contribution in [3.63, 3.8) is 0 Å². The SMILES string of the molecule is CN(C)c1cccnc1CN=C(N)N1CCN(c2ncccn2)CC1.I. The van der Waals surface area contributed by atoms with Gasteiger partial charge in [-0.05, 0) is 18.2 Å². The van der Waals surface area contributed by atoms with Crippen LogP contribution in [0.25, 0.3) is 0 Å². The second-order valence-corrected chi connectivity index (χ2v) is 6.06. The highest BCUT2D eigenvalue weighted by atomic mass is 127. The zero-order chi connectivity index (χ0) is 17.6. The molecule has 2 aromatic rings. The molecule has 2 aromatic heterocycles. The monoisotopic (exact) mass is 468 g/mol. The molecule has 0 aliphatic carbocycles. The average molecular weight is 468 g/mol. The molecular formula is C17H25IN8. The molecule has 0 spiro atoms. The number of hydrogen-bond donors (Lipinski definition) is 1. The quantitative estimate of drug-likeness (QED) is 0.410. The predicted molar refractivity (Wildman–Crippen MR) is 115 cm³/mol. The maximum Gasteiger partial charge on any atom is 0.225 e. The minimum atomic E-state index is 0. The van der Waals surface area contributed by atoms with Crippen LogP contribution < -0.4 is 15.5 Å². The lowest BCUT2D eigenvalue weighted by atomic mass is 10.3. The average Bonchev–Trinajstić information content (AvgIpc) is 2.67. The fourth-order valence-electron chi connectivity index (χ4n) is 2.80. The van der Waals surface area contributed by atoms with Crippen molar-refractivity contribution >= 4 is 41.6 Å². The van der Waals surface area contributed by atoms with Crippen LogP contribution in [0, 0.1) is 0 Å². The summed E-state index contributed by atoms with van der Waals surface area (Å²) in [6.07, 6.45) is 5.31. The number of aromatic nitrogens is 3. The lowest BCUT2D eigenvalue weighted by molar-refractivity contribution is 0.378. The third-order valence-electron chi connectivity index (χ3n) is 4.18. The smallest absolute Gasteiger partial charge is 0.225 e. The zero-order valence-electron chi connectivity index (χ0n) is 15.1. The van der Waals surface area contributed by atoms with Crippen molar-refractivity contribution < 1.29 is 0 Å². The Kier molecular flexibility index (Phi) is 7.37. The molecule has 8 nitrogen and oxygen atoms in total. The summed E-state index contributed by atoms with van der Waals surface area (Å²) in [5.41, 5.74) is 8.17. The van der Waals surface area contributed by atoms with Gasteiger partial charge in [0.2, 0.25) is 5.95 Å². The summed E-state index contributed by atoms with van der Waals surface area (Å²) in [6, 6.07) is 5.79. The number of nitrogens with zero attached hydrogens (tertiary/aromatic N) is 7. The number of guanidine groups is 1. The van der Waals surface area contributed by atoms with Crippen LogP contribution in [0.4, 0.5) is 11.6 Å². The van der Waals surface area contributed by atoms with Gasteiger partial charge >= 0.3 is 0 Å². The topological polar surface area (TPSA) is 86.8 Å². The molecule has 0 unspecified atom stereocenters. The Bertz CT molecular complexity index is 714. The van der Waals surface area contributed by atoms with Crippen LogP contribution in [0.3, 0.4) is 0 Å². The normalized spacial score (nSPS) is 14.8. The third-order valence-corrected chi connectivity index (χ3v) is 4.18. The molecule has 1 saturated heterocycles. The summed E-state index contributed by atoms with van der Waals surface area (Å²) in [5, 5.41) is 0. The highest BCUT2D eigenvalue weighted by Gasteiger charge is 2.20. The van der Waals surface area contributed by atoms with E-state index in [1.165, 1.54) is 0 Å². The largest absolute Gasteiger partial charge is 0.376 e. The summed E-state index contributed by atoms with van der Waals surface area (Å²) in [7, 11) is 4.00. The first-order valence-electron chi connectivity index (χ1n) is 8.33. The Morgan fingerprint density at radius 1 is 1.08 bits per heavy atom. The molecule has 3 rings (SSSR count). The van der Waals surface area contributed by atoms with E-state index in [1.54, 1.807) is 18.6 Å². The molecular weight excluding hydrogens is 443 g/mol. The molecule has 0 amide bonds. The van der Waals surface area contributed by atoms with Crippen LogP contribution >= 0.6 is 24.0 Å². The Hall–Kier alpha value is -2.17. The number of piperazine rings is 1. The Morgan fingerprint density at radius 2 is 1.73 bits per heavy atom. The van der Waals surface area contributed by atoms with Gasteiger partial charge in [0, 0.05) is 58.9 Å². The zero-order valence-corrected chi connectivity index (χ0v) is 17.4. The van der Waals surface area contributed by atoms with Crippen LogP contribution in [0.1, 0.15) is 5.69 Å². The summed E-state index contributed by atoms with van der Waals surface area (Å²) >= 11 is 0. The van der Waals surface area contributed by atoms with Gasteiger partial charge in [0.1, 0.15) is 0 Å². The van der Waals surface area contributed by atoms with Gasteiger partial charge in [-0.1, -0.05) is 0 Å². The Balaban J connectivity index is 0.00000243. The van der Waals surface area contributed by atoms with Crippen molar-refractivity contribution in [3.8, 4) is 0 Å². The van der Waals surface area contributed by atoms with Crippen molar-refractivity contribution in [1.82, 2.24) is 19.9 Å². The predicted octanol–water partition coefficient (Wildman–Crippen LogP) is 1.19. The third kappa shape index (κ3) is 4.93. The van der Waals surface area contributed by atoms with Crippen LogP contribution in [0.5, 0.6) is 0 Å². The molecule has 0 atom stereocenters. The first-order valence-corrected chi connectivity index (χ1v) is 8.33. The minimum absolute atomic E-state index is 0. The number of nitrogens with two attached hydrogens (primary N) is 1. The lowest BCUT2D eigenvalue weighted by Crippen LogP contribution is -2.51. The molecule has 0 saturated carbocycles. The molecule has 140 valence electrons. The van der Waals surface area contributed by atoms with Gasteiger partial charge in [0.05, 0.1) is 17.9 Å². The highest BCUT2D eigenvalue weighted by molar-refractivity contribution is 14.0. The van der Waals surface area contributed by atoms with E-state index in [2.05, 4.69) is 29.7 Å². The molecule has 2 N–H and O–H groups in total. The molecule has 1 fully saturated rings. The van der Waals surface area contributed by atoms with E-state index in [0.29, 0.717) is 12.5 Å². The van der Waals surface area contributed by atoms with Gasteiger partial charge < -0.3 is 20.4 Å². The van der Waals surface area contributed by atoms with E-state index in [4.69, 9.17) is 5.73 Å². The van der Waals surface area contributed by atoms with Gasteiger partial charge in [-0.15, -0.1) is 24.0 Å². The standard InChI is InChI=1S/C17H24N8.HI/c1-23(2)15-5-3-6-19-14(15)13-22-16(18)24-9-11-25(12-10-24)17-20-7-4-8-21-17;/h3-8H,9-13H2,1-2H3,(H2,18,22);1H. The highest BCUT2D eigenvalue weighted by Crippen LogP contribution is 2.16. The first-order chi connectivity index (χ1) is 12.1. The maximum absolute atomic E-state index is 6.19. The second kappa shape index (κ2) is 9.51. The van der Waals surface area contributed by atoms with E-state index in [0.717, 1.165) is 43.5 Å². The lowest BCUT2D eigenvalue weighted by Gasteiger charge is -2.35. The number of rotatable bonds is 4. The van der Waals surface area contributed by atoms with E-state index >= 15 is 0 Å². The molecule has 3 heterocycles. The van der Waals surface area contributed by atoms with Gasteiger partial charge in [-0.3, -0.25) is 4.98 Å². The van der Waals surface area contributed by atoms with Crippen LogP contribution in [0.15, 0.2) is 41.8 Å². The van der Waals surface area contributed by atoms with Crippen molar-refractivity contribution in [3.05, 3.63) is 42.5 Å². The van der Waals surface area contributed by atoms with Crippen LogP contribution in [0.2, 0.25) is 0 Å². The fourth-order valence-corrected chi connectivity index (χ4v) is 2.80. The van der Waals surface area contributed by atoms with Gasteiger partial charge in [0.25, 0.3) is 0 Å². The molecule has 1 aliphatic heterocycles. The minimum Gasteiger partial charge on any atom is -0.376 e. The summed E-state index contributed by atoms with van der Waals surface area (Å²) in [6.45, 7) is 3.73. The molecule has 26 heavy (non-hydrogen) atoms. The number of halogens is 1. The molecule has 9 heteroatoms. The Labute approximate surface area is 171 Å². The second-order valence-electron chi connectivity index (χ2n) is 6.06. The fraction of sp³-hybridized carbons (Fsp3) is 0.412. The van der Waals surface area contributed by atoms with Gasteiger partial charge in [-0.2, -0.15) is 0 Å². The van der Waals surface area contributed by atoms with E-state index in [-0.39, 0.29) is 24.0 Å². The maximum atomic E-state index is 6.19. The van der Waals surface area contributed by atoms with Crippen LogP contribution in [-0.2, 0) is 6.54 Å². The molecule has 0 aromatic carbocycles. The van der Waals surface area contributed by atoms with E-state index in [1.807, 2.05) is 37.2 Å². The van der Waals surface area contributed by atoms with Crippen molar-refractivity contribution in [1.29, 1.82) is 0 Å². The number of aliphatic imine (C=N–C) groups is 1. The molecule has 0 bridgehead atoms. The van der Waals surface area contributed by atoms with E-state index in [9.17, 15) is 0 Å². The summed E-state index contributed by atoms with van der Waals surface area (Å²) in [4.78, 5) is 23.8. The number of anilines is 2. The first kappa shape index (κ1) is 20.1. The molecule has 1 aliphatic rings. The van der Waals surface area contributed by atoms with Gasteiger partial charge in [0.15, 0.2) is 5.96 Å². The van der Waals surface area contributed by atoms with Crippen LogP contribution in [-0.4, -0.2) is 66.1 Å². The number of pyridine rings is 1. The van der Waals surface area contributed by atoms with Crippen molar-refractivity contribution in [2.24, 2.45) is 10.7 Å². The number of hydrogen-bond acceptors (Lipinski definition) is 6. The van der Waals surface area contributed by atoms with Gasteiger partial charge in [-0.25, -0.2) is 15.0 Å².